The molecule has 1 saturated carbocycles. The first-order valence-electron chi connectivity index (χ1n) is 9.09. The molecule has 6 heteroatoms. The van der Waals surface area contributed by atoms with Crippen LogP contribution in [0.5, 0.6) is 0 Å². The molecule has 2 rings (SSSR count). The summed E-state index contributed by atoms with van der Waals surface area (Å²) in [4.78, 5) is 16.2. The van der Waals surface area contributed by atoms with E-state index in [4.69, 9.17) is 4.42 Å². The highest BCUT2D eigenvalue weighted by atomic mass is 16.3. The van der Waals surface area contributed by atoms with Crippen LogP contribution in [-0.2, 0) is 11.3 Å². The minimum atomic E-state index is -0.116. The molecule has 1 heterocycles. The lowest BCUT2D eigenvalue weighted by molar-refractivity contribution is -0.119. The van der Waals surface area contributed by atoms with Crippen molar-refractivity contribution in [2.24, 2.45) is 10.9 Å². The van der Waals surface area contributed by atoms with Gasteiger partial charge < -0.3 is 20.4 Å². The van der Waals surface area contributed by atoms with Crippen LogP contribution in [0.4, 0.5) is 0 Å². The maximum atomic E-state index is 11.8. The van der Waals surface area contributed by atoms with Crippen LogP contribution in [0, 0.1) is 5.92 Å². The number of hydrogen-bond acceptors (Lipinski definition) is 3. The van der Waals surface area contributed by atoms with Gasteiger partial charge in [0, 0.05) is 13.1 Å². The molecule has 0 radical (unpaired) electrons. The molecule has 0 unspecified atom stereocenters. The van der Waals surface area contributed by atoms with E-state index in [9.17, 15) is 4.79 Å². The average Bonchev–Trinajstić information content (AvgIpc) is 3.28. The Morgan fingerprint density at radius 3 is 2.83 bits per heavy atom. The van der Waals surface area contributed by atoms with Crippen molar-refractivity contribution < 1.29 is 9.21 Å². The number of amides is 1. The van der Waals surface area contributed by atoms with Gasteiger partial charge in [-0.25, -0.2) is 4.99 Å². The second-order valence-electron chi connectivity index (χ2n) is 6.27. The molecule has 134 valence electrons. The molecular formula is C18H30N4O2. The molecule has 1 aliphatic carbocycles. The first kappa shape index (κ1) is 18.4. The summed E-state index contributed by atoms with van der Waals surface area (Å²) in [6.07, 6.45) is 9.62. The number of guanidine groups is 1. The molecule has 0 aromatic carbocycles. The number of carbonyl (C=O) groups excluding carboxylic acids is 1. The Morgan fingerprint density at radius 1 is 1.29 bits per heavy atom. The van der Waals surface area contributed by atoms with E-state index in [0.29, 0.717) is 12.5 Å². The standard InChI is InChI=1S/C18H30N4O2/c1-2-19-18(20-11-5-9-15-7-3-4-8-15)22-14-17(23)21-13-16-10-6-12-24-16/h6,10,12,15H,2-5,7-9,11,13-14H2,1H3,(H,21,23)(H2,19,20,22). The minimum Gasteiger partial charge on any atom is -0.467 e. The number of aliphatic imine (C=N–C) groups is 1. The molecule has 0 bridgehead atoms. The van der Waals surface area contributed by atoms with E-state index in [1.165, 1.54) is 32.1 Å². The van der Waals surface area contributed by atoms with Gasteiger partial charge in [-0.15, -0.1) is 0 Å². The highest BCUT2D eigenvalue weighted by molar-refractivity contribution is 5.84. The number of nitrogens with one attached hydrogen (secondary N) is 3. The molecule has 6 nitrogen and oxygen atoms in total. The first-order valence-corrected chi connectivity index (χ1v) is 9.09. The van der Waals surface area contributed by atoms with Crippen molar-refractivity contribution in [3.05, 3.63) is 24.2 Å². The Balaban J connectivity index is 1.63. The Hall–Kier alpha value is -1.98. The van der Waals surface area contributed by atoms with Crippen molar-refractivity contribution in [2.75, 3.05) is 19.6 Å². The van der Waals surface area contributed by atoms with E-state index in [1.54, 1.807) is 12.3 Å². The van der Waals surface area contributed by atoms with Gasteiger partial charge in [-0.3, -0.25) is 4.79 Å². The topological polar surface area (TPSA) is 78.7 Å². The third kappa shape index (κ3) is 7.06. The lowest BCUT2D eigenvalue weighted by Crippen LogP contribution is -2.39. The van der Waals surface area contributed by atoms with Crippen LogP contribution in [0.25, 0.3) is 0 Å². The van der Waals surface area contributed by atoms with Crippen molar-refractivity contribution in [3.63, 3.8) is 0 Å². The Morgan fingerprint density at radius 2 is 2.12 bits per heavy atom. The number of hydrogen-bond donors (Lipinski definition) is 3. The van der Waals surface area contributed by atoms with Gasteiger partial charge in [0.05, 0.1) is 12.8 Å². The summed E-state index contributed by atoms with van der Waals surface area (Å²) in [5, 5.41) is 9.28. The molecule has 1 fully saturated rings. The van der Waals surface area contributed by atoms with E-state index in [0.717, 1.165) is 31.2 Å². The second-order valence-corrected chi connectivity index (χ2v) is 6.27. The van der Waals surface area contributed by atoms with Gasteiger partial charge in [-0.2, -0.15) is 0 Å². The molecular weight excluding hydrogens is 304 g/mol. The normalized spacial score (nSPS) is 15.5. The summed E-state index contributed by atoms with van der Waals surface area (Å²) in [5.41, 5.74) is 0. The van der Waals surface area contributed by atoms with Gasteiger partial charge in [-0.05, 0) is 37.8 Å². The molecule has 24 heavy (non-hydrogen) atoms. The molecule has 3 N–H and O–H groups in total. The van der Waals surface area contributed by atoms with Gasteiger partial charge in [0.1, 0.15) is 12.3 Å². The fourth-order valence-electron chi connectivity index (χ4n) is 3.04. The quantitative estimate of drug-likeness (QED) is 0.368. The van der Waals surface area contributed by atoms with Gasteiger partial charge >= 0.3 is 0 Å². The maximum absolute atomic E-state index is 11.8. The van der Waals surface area contributed by atoms with Crippen LogP contribution in [0.3, 0.4) is 0 Å². The van der Waals surface area contributed by atoms with Crippen molar-refractivity contribution in [1.29, 1.82) is 0 Å². The number of nitrogens with zero attached hydrogens (tertiary/aromatic N) is 1. The van der Waals surface area contributed by atoms with E-state index in [-0.39, 0.29) is 12.5 Å². The van der Waals surface area contributed by atoms with Crippen LogP contribution in [0.15, 0.2) is 27.8 Å². The second kappa shape index (κ2) is 10.7. The fraction of sp³-hybridized carbons (Fsp3) is 0.667. The van der Waals surface area contributed by atoms with Gasteiger partial charge in [0.2, 0.25) is 5.91 Å². The highest BCUT2D eigenvalue weighted by Gasteiger charge is 2.14. The summed E-state index contributed by atoms with van der Waals surface area (Å²) in [6, 6.07) is 3.64. The zero-order valence-corrected chi connectivity index (χ0v) is 14.6. The monoisotopic (exact) mass is 334 g/mol. The Labute approximate surface area is 144 Å². The molecule has 1 aliphatic rings. The van der Waals surface area contributed by atoms with Crippen LogP contribution in [-0.4, -0.2) is 31.5 Å². The summed E-state index contributed by atoms with van der Waals surface area (Å²) < 4.78 is 5.18. The molecule has 0 atom stereocenters. The Kier molecular flexibility index (Phi) is 8.21. The highest BCUT2D eigenvalue weighted by Crippen LogP contribution is 2.28. The van der Waals surface area contributed by atoms with Gasteiger partial charge in [0.25, 0.3) is 0 Å². The van der Waals surface area contributed by atoms with Crippen molar-refractivity contribution in [3.8, 4) is 0 Å². The van der Waals surface area contributed by atoms with E-state index in [1.807, 2.05) is 13.0 Å². The smallest absolute Gasteiger partial charge is 0.242 e. The summed E-state index contributed by atoms with van der Waals surface area (Å²) in [5.74, 6) is 2.25. The lowest BCUT2D eigenvalue weighted by Gasteiger charge is -2.13. The van der Waals surface area contributed by atoms with Crippen molar-refractivity contribution in [1.82, 2.24) is 16.0 Å². The lowest BCUT2D eigenvalue weighted by atomic mass is 10.0. The van der Waals surface area contributed by atoms with Crippen LogP contribution >= 0.6 is 0 Å². The van der Waals surface area contributed by atoms with Crippen molar-refractivity contribution in [2.45, 2.75) is 52.0 Å². The van der Waals surface area contributed by atoms with Crippen LogP contribution in [0.1, 0.15) is 51.2 Å². The zero-order chi connectivity index (χ0) is 17.0. The van der Waals surface area contributed by atoms with E-state index < -0.39 is 0 Å². The third-order valence-corrected chi connectivity index (χ3v) is 4.32. The fourth-order valence-corrected chi connectivity index (χ4v) is 3.04. The molecule has 0 spiro atoms. The summed E-state index contributed by atoms with van der Waals surface area (Å²) >= 11 is 0. The summed E-state index contributed by atoms with van der Waals surface area (Å²) in [7, 11) is 0. The molecule has 1 amide bonds. The van der Waals surface area contributed by atoms with Crippen LogP contribution < -0.4 is 16.0 Å². The average molecular weight is 334 g/mol. The largest absolute Gasteiger partial charge is 0.467 e. The van der Waals surface area contributed by atoms with Crippen molar-refractivity contribution >= 4 is 11.9 Å². The van der Waals surface area contributed by atoms with E-state index in [2.05, 4.69) is 20.9 Å². The van der Waals surface area contributed by atoms with E-state index >= 15 is 0 Å². The molecule has 0 saturated heterocycles. The number of carbonyl (C=O) groups is 1. The maximum Gasteiger partial charge on any atom is 0.242 e. The zero-order valence-electron chi connectivity index (χ0n) is 14.6. The molecule has 1 aromatic rings. The molecule has 1 aromatic heterocycles. The SMILES string of the molecule is CCNC(=NCC(=O)NCc1ccco1)NCCCC1CCCC1. The summed E-state index contributed by atoms with van der Waals surface area (Å²) in [6.45, 7) is 4.21. The predicted molar refractivity (Wildman–Crippen MR) is 95.7 cm³/mol. The number of rotatable bonds is 9. The van der Waals surface area contributed by atoms with Gasteiger partial charge in [0.15, 0.2) is 5.96 Å². The predicted octanol–water partition coefficient (Wildman–Crippen LogP) is 2.42. The first-order chi connectivity index (χ1) is 11.8. The minimum absolute atomic E-state index is 0.110. The Bertz CT molecular complexity index is 493. The van der Waals surface area contributed by atoms with Gasteiger partial charge in [-0.1, -0.05) is 25.7 Å². The number of furan rings is 1. The third-order valence-electron chi connectivity index (χ3n) is 4.32. The van der Waals surface area contributed by atoms with Crippen LogP contribution in [0.2, 0.25) is 0 Å². The molecule has 0 aliphatic heterocycles.